The zero-order chi connectivity index (χ0) is 45.2. The summed E-state index contributed by atoms with van der Waals surface area (Å²) in [6.45, 7) is 0.554. The van der Waals surface area contributed by atoms with E-state index in [-0.39, 0.29) is 76.0 Å². The number of nitrogens with two attached hydrogens (primary N) is 8. The Labute approximate surface area is 357 Å². The second-order valence-electron chi connectivity index (χ2n) is 14.7. The van der Waals surface area contributed by atoms with E-state index in [1.807, 2.05) is 48.5 Å². The first-order valence-corrected chi connectivity index (χ1v) is 20.2. The number of nitrogens with zero attached hydrogens (tertiary/aromatic N) is 3. The minimum atomic E-state index is -1.27. The number of nitrogens with one attached hydrogen (secondary N) is 6. The molecule has 0 saturated carbocycles. The van der Waals surface area contributed by atoms with Gasteiger partial charge in [0.15, 0.2) is 17.9 Å². The van der Waals surface area contributed by atoms with Gasteiger partial charge in [0.25, 0.3) is 0 Å². The minimum absolute atomic E-state index is 0.0164. The Morgan fingerprint density at radius 1 is 0.500 bits per heavy atom. The van der Waals surface area contributed by atoms with E-state index in [2.05, 4.69) is 46.2 Å². The molecule has 0 spiro atoms. The molecule has 334 valence electrons. The van der Waals surface area contributed by atoms with Crippen LogP contribution >= 0.6 is 0 Å². The van der Waals surface area contributed by atoms with Crippen LogP contribution in [-0.2, 0) is 36.8 Å². The number of carbonyl (C=O) groups is 5. The maximum absolute atomic E-state index is 14.4. The number of para-hydroxylation sites is 2. The standard InChI is InChI=1S/C40H59N17O5/c41-26(10-5-15-49-38(43)44)34(59)56-31(18-22-20-52-27-11-3-1-8-24(22)27)37(62)55-30(14-7-17-51-40(47)48)35(60)57-32(19-23-21-53-28-12-4-2-9-25(23)28)36(61)54-29(33(42)58)13-6-16-50-39(45)46/h1-4,8-9,11-12,20-21,26,29-32,52-53H,5-7,10,13-19,41H2,(H2,42,58)(H,54,61)(H,55,62)(H,56,59)(H,57,60)(H4,43,44,49)(H4,45,46,50)(H4,47,48,51)/t26-,29-,30-,31-,32-/m0/s1. The van der Waals surface area contributed by atoms with Gasteiger partial charge >= 0.3 is 0 Å². The van der Waals surface area contributed by atoms with E-state index < -0.39 is 59.7 Å². The molecule has 62 heavy (non-hydrogen) atoms. The van der Waals surface area contributed by atoms with Gasteiger partial charge in [-0.3, -0.25) is 38.9 Å². The molecule has 22 heteroatoms. The van der Waals surface area contributed by atoms with Crippen molar-refractivity contribution in [1.29, 1.82) is 0 Å². The van der Waals surface area contributed by atoms with Crippen molar-refractivity contribution in [3.63, 3.8) is 0 Å². The Bertz CT molecular complexity index is 2240. The zero-order valence-electron chi connectivity index (χ0n) is 34.4. The van der Waals surface area contributed by atoms with Crippen LogP contribution in [0.4, 0.5) is 0 Å². The average Bonchev–Trinajstić information content (AvgIpc) is 3.84. The van der Waals surface area contributed by atoms with Crippen LogP contribution in [0.1, 0.15) is 49.7 Å². The Morgan fingerprint density at radius 2 is 0.871 bits per heavy atom. The Kier molecular flexibility index (Phi) is 17.9. The molecule has 5 amide bonds. The first kappa shape index (κ1) is 47.3. The predicted molar refractivity (Wildman–Crippen MR) is 239 cm³/mol. The molecule has 0 fully saturated rings. The van der Waals surface area contributed by atoms with Crippen molar-refractivity contribution >= 4 is 69.2 Å². The number of aromatic nitrogens is 2. The van der Waals surface area contributed by atoms with Gasteiger partial charge < -0.3 is 77.1 Å². The van der Waals surface area contributed by atoms with Crippen LogP contribution in [0.2, 0.25) is 0 Å². The maximum atomic E-state index is 14.4. The van der Waals surface area contributed by atoms with Gasteiger partial charge in [0, 0.05) is 66.7 Å². The summed E-state index contributed by atoms with van der Waals surface area (Å²) in [4.78, 5) is 86.9. The highest BCUT2D eigenvalue weighted by Gasteiger charge is 2.32. The molecule has 22 N–H and O–H groups in total. The molecule has 4 aromatic rings. The zero-order valence-corrected chi connectivity index (χ0v) is 34.4. The number of primary amides is 1. The summed E-state index contributed by atoms with van der Waals surface area (Å²) in [5.74, 6) is -3.95. The number of aromatic amines is 2. The molecular weight excluding hydrogens is 799 g/mol. The summed E-state index contributed by atoms with van der Waals surface area (Å²) >= 11 is 0. The summed E-state index contributed by atoms with van der Waals surface area (Å²) in [6, 6.07) is 8.97. The lowest BCUT2D eigenvalue weighted by Crippen LogP contribution is -2.59. The molecule has 22 nitrogen and oxygen atoms in total. The van der Waals surface area contributed by atoms with Gasteiger partial charge in [-0.15, -0.1) is 0 Å². The smallest absolute Gasteiger partial charge is 0.243 e. The monoisotopic (exact) mass is 857 g/mol. The Hall–Kier alpha value is -7.36. The SMILES string of the molecule is NC(=O)[C@H](CCCN=C(N)N)NC(=O)[C@H](Cc1c[nH]c2ccccc12)NC(=O)[C@H](CCCN=C(N)N)NC(=O)[C@H](Cc1c[nH]c2ccccc12)NC(=O)[C@@H](N)CCCN=C(N)N. The van der Waals surface area contributed by atoms with Crippen molar-refractivity contribution in [3.8, 4) is 0 Å². The number of aliphatic imine (C=N–C) groups is 3. The van der Waals surface area contributed by atoms with Gasteiger partial charge in [0.05, 0.1) is 6.04 Å². The van der Waals surface area contributed by atoms with E-state index >= 15 is 0 Å². The third-order valence-electron chi connectivity index (χ3n) is 9.95. The average molecular weight is 858 g/mol. The number of hydrogen-bond acceptors (Lipinski definition) is 9. The van der Waals surface area contributed by atoms with Gasteiger partial charge in [-0.2, -0.15) is 0 Å². The topological polar surface area (TPSA) is 410 Å². The van der Waals surface area contributed by atoms with E-state index in [9.17, 15) is 24.0 Å². The molecule has 5 atom stereocenters. The highest BCUT2D eigenvalue weighted by Crippen LogP contribution is 2.21. The molecule has 4 rings (SSSR count). The van der Waals surface area contributed by atoms with Crippen LogP contribution in [0, 0.1) is 0 Å². The number of carbonyl (C=O) groups excluding carboxylic acids is 5. The highest BCUT2D eigenvalue weighted by molar-refractivity contribution is 5.97. The van der Waals surface area contributed by atoms with Gasteiger partial charge in [-0.05, 0) is 61.8 Å². The fourth-order valence-electron chi connectivity index (χ4n) is 6.77. The van der Waals surface area contributed by atoms with E-state index in [4.69, 9.17) is 45.9 Å². The largest absolute Gasteiger partial charge is 0.370 e. The predicted octanol–water partition coefficient (Wildman–Crippen LogP) is -2.65. The Morgan fingerprint density at radius 3 is 1.32 bits per heavy atom. The number of rotatable bonds is 25. The van der Waals surface area contributed by atoms with E-state index in [0.29, 0.717) is 24.0 Å². The summed E-state index contributed by atoms with van der Waals surface area (Å²) < 4.78 is 0. The molecule has 0 aliphatic rings. The third-order valence-corrected chi connectivity index (χ3v) is 9.95. The van der Waals surface area contributed by atoms with Gasteiger partial charge in [-0.1, -0.05) is 36.4 Å². The summed E-state index contributed by atoms with van der Waals surface area (Å²) in [7, 11) is 0. The summed E-state index contributed by atoms with van der Waals surface area (Å²) in [5, 5.41) is 12.6. The van der Waals surface area contributed by atoms with Crippen LogP contribution < -0.4 is 67.1 Å². The van der Waals surface area contributed by atoms with E-state index in [1.54, 1.807) is 12.4 Å². The minimum Gasteiger partial charge on any atom is -0.370 e. The fourth-order valence-corrected chi connectivity index (χ4v) is 6.77. The lowest BCUT2D eigenvalue weighted by molar-refractivity contribution is -0.134. The summed E-state index contributed by atoms with van der Waals surface area (Å²) in [5.41, 5.74) is 47.7. The van der Waals surface area contributed by atoms with Crippen LogP contribution in [0.15, 0.2) is 75.9 Å². The second-order valence-corrected chi connectivity index (χ2v) is 14.7. The number of amides is 5. The number of H-pyrrole nitrogens is 2. The highest BCUT2D eigenvalue weighted by atomic mass is 16.2. The van der Waals surface area contributed by atoms with Crippen molar-refractivity contribution in [2.75, 3.05) is 19.6 Å². The molecule has 2 aromatic carbocycles. The second kappa shape index (κ2) is 23.4. The van der Waals surface area contributed by atoms with E-state index in [1.165, 1.54) is 0 Å². The Balaban J connectivity index is 1.63. The molecule has 0 bridgehead atoms. The quantitative estimate of drug-likeness (QED) is 0.0185. The van der Waals surface area contributed by atoms with Gasteiger partial charge in [0.1, 0.15) is 24.2 Å². The lowest BCUT2D eigenvalue weighted by atomic mass is 10.0. The fraction of sp³-hybridized carbons (Fsp3) is 0.400. The van der Waals surface area contributed by atoms with Crippen molar-refractivity contribution in [2.45, 2.75) is 81.6 Å². The van der Waals surface area contributed by atoms with Crippen LogP contribution in [0.5, 0.6) is 0 Å². The van der Waals surface area contributed by atoms with Crippen molar-refractivity contribution < 1.29 is 24.0 Å². The van der Waals surface area contributed by atoms with Crippen LogP contribution in [0.3, 0.4) is 0 Å². The first-order chi connectivity index (χ1) is 29.6. The van der Waals surface area contributed by atoms with Crippen LogP contribution in [0.25, 0.3) is 21.8 Å². The molecular formula is C40H59N17O5. The number of guanidine groups is 3. The van der Waals surface area contributed by atoms with Gasteiger partial charge in [0.2, 0.25) is 29.5 Å². The normalized spacial score (nSPS) is 13.4. The molecule has 0 unspecified atom stereocenters. The molecule has 0 aliphatic carbocycles. The van der Waals surface area contributed by atoms with Crippen molar-refractivity contribution in [3.05, 3.63) is 72.1 Å². The van der Waals surface area contributed by atoms with E-state index in [0.717, 1.165) is 21.8 Å². The van der Waals surface area contributed by atoms with Crippen molar-refractivity contribution in [2.24, 2.45) is 60.8 Å². The molecule has 2 heterocycles. The summed E-state index contributed by atoms with van der Waals surface area (Å²) in [6.07, 6.45) is 4.74. The number of hydrogen-bond donors (Lipinski definition) is 14. The molecule has 0 aliphatic heterocycles. The molecule has 2 aromatic heterocycles. The van der Waals surface area contributed by atoms with Gasteiger partial charge in [-0.25, -0.2) is 0 Å². The van der Waals surface area contributed by atoms with Crippen molar-refractivity contribution in [1.82, 2.24) is 31.2 Å². The molecule has 0 saturated heterocycles. The first-order valence-electron chi connectivity index (χ1n) is 20.2. The van der Waals surface area contributed by atoms with Crippen LogP contribution in [-0.4, -0.2) is 107 Å². The lowest BCUT2D eigenvalue weighted by Gasteiger charge is -2.27. The number of benzene rings is 2. The third kappa shape index (κ3) is 14.7. The molecule has 0 radical (unpaired) electrons. The number of fused-ring (bicyclic) bond motifs is 2. The maximum Gasteiger partial charge on any atom is 0.243 e.